The van der Waals surface area contributed by atoms with E-state index in [1.54, 1.807) is 0 Å². The maximum absolute atomic E-state index is 12.4. The lowest BCUT2D eigenvalue weighted by Gasteiger charge is -2.34. The molecular weight excluding hydrogens is 310 g/mol. The summed E-state index contributed by atoms with van der Waals surface area (Å²) in [5.74, 6) is 0.999. The highest BCUT2D eigenvalue weighted by Crippen LogP contribution is 2.29. The highest BCUT2D eigenvalue weighted by atomic mass is 32.1. The van der Waals surface area contributed by atoms with E-state index < -0.39 is 0 Å². The molecule has 1 amide bonds. The van der Waals surface area contributed by atoms with Gasteiger partial charge in [0.05, 0.1) is 11.7 Å². The Labute approximate surface area is 139 Å². The van der Waals surface area contributed by atoms with Crippen LogP contribution in [-0.4, -0.2) is 21.5 Å². The average molecular weight is 333 g/mol. The van der Waals surface area contributed by atoms with Crippen molar-refractivity contribution in [2.75, 3.05) is 0 Å². The van der Waals surface area contributed by atoms with Crippen LogP contribution in [0, 0.1) is 18.8 Å². The Morgan fingerprint density at radius 3 is 3.00 bits per heavy atom. The van der Waals surface area contributed by atoms with Gasteiger partial charge < -0.3 is 5.32 Å². The molecule has 3 atom stereocenters. The molecule has 0 radical (unpaired) electrons. The molecule has 124 valence electrons. The second kappa shape index (κ2) is 6.43. The topological polar surface area (TPSA) is 64.0 Å². The second-order valence-electron chi connectivity index (χ2n) is 6.69. The van der Waals surface area contributed by atoms with Gasteiger partial charge in [0.2, 0.25) is 5.91 Å². The minimum atomic E-state index is -0.139. The average Bonchev–Trinajstić information content (AvgIpc) is 2.88. The number of hydrogen-bond donors (Lipinski definition) is 1. The normalized spacial score (nSPS) is 24.7. The summed E-state index contributed by atoms with van der Waals surface area (Å²) in [6, 6.07) is 2.05. The summed E-state index contributed by atoms with van der Waals surface area (Å²) in [4.78, 5) is 30.8. The van der Waals surface area contributed by atoms with E-state index in [2.05, 4.69) is 24.1 Å². The van der Waals surface area contributed by atoms with E-state index >= 15 is 0 Å². The van der Waals surface area contributed by atoms with Gasteiger partial charge >= 0.3 is 0 Å². The molecule has 6 heteroatoms. The number of amides is 1. The van der Waals surface area contributed by atoms with Crippen LogP contribution in [0.2, 0.25) is 0 Å². The second-order valence-corrected chi connectivity index (χ2v) is 7.93. The Hall–Kier alpha value is -1.69. The van der Waals surface area contributed by atoms with Crippen molar-refractivity contribution in [3.63, 3.8) is 0 Å². The van der Waals surface area contributed by atoms with Gasteiger partial charge in [0.25, 0.3) is 5.56 Å². The van der Waals surface area contributed by atoms with E-state index in [0.29, 0.717) is 17.2 Å². The number of carbonyl (C=O) groups is 1. The highest BCUT2D eigenvalue weighted by molar-refractivity contribution is 7.18. The summed E-state index contributed by atoms with van der Waals surface area (Å²) in [6.07, 6.45) is 4.88. The van der Waals surface area contributed by atoms with Crippen LogP contribution in [-0.2, 0) is 11.3 Å². The van der Waals surface area contributed by atoms with E-state index in [0.717, 1.165) is 22.5 Å². The molecule has 0 bridgehead atoms. The van der Waals surface area contributed by atoms with Gasteiger partial charge in [-0.15, -0.1) is 11.3 Å². The fourth-order valence-corrected chi connectivity index (χ4v) is 4.22. The van der Waals surface area contributed by atoms with Crippen molar-refractivity contribution in [2.24, 2.45) is 11.8 Å². The third-order valence-electron chi connectivity index (χ3n) is 5.01. The van der Waals surface area contributed by atoms with Gasteiger partial charge in [-0.25, -0.2) is 4.98 Å². The molecule has 3 unspecified atom stereocenters. The Kier molecular flexibility index (Phi) is 4.53. The number of nitrogens with zero attached hydrogens (tertiary/aromatic N) is 2. The largest absolute Gasteiger partial charge is 0.352 e. The first-order valence-corrected chi connectivity index (χ1v) is 9.02. The maximum atomic E-state index is 12.4. The summed E-state index contributed by atoms with van der Waals surface area (Å²) in [5.41, 5.74) is -0.139. The van der Waals surface area contributed by atoms with Gasteiger partial charge in [0.1, 0.15) is 11.4 Å². The van der Waals surface area contributed by atoms with Crippen molar-refractivity contribution in [3.8, 4) is 0 Å². The summed E-state index contributed by atoms with van der Waals surface area (Å²) in [6.45, 7) is 6.43. The van der Waals surface area contributed by atoms with E-state index in [-0.39, 0.29) is 24.1 Å². The van der Waals surface area contributed by atoms with Gasteiger partial charge in [0, 0.05) is 10.9 Å². The van der Waals surface area contributed by atoms with Crippen LogP contribution in [0.15, 0.2) is 17.2 Å². The predicted molar refractivity (Wildman–Crippen MR) is 92.7 cm³/mol. The van der Waals surface area contributed by atoms with Crippen molar-refractivity contribution in [2.45, 2.75) is 52.6 Å². The molecule has 1 fully saturated rings. The first-order chi connectivity index (χ1) is 11.0. The van der Waals surface area contributed by atoms with Crippen molar-refractivity contribution < 1.29 is 4.79 Å². The number of nitrogens with one attached hydrogen (secondary N) is 1. The summed E-state index contributed by atoms with van der Waals surface area (Å²) >= 11 is 1.50. The molecule has 1 N–H and O–H groups in total. The molecule has 2 aromatic heterocycles. The molecule has 1 aliphatic carbocycles. The van der Waals surface area contributed by atoms with Gasteiger partial charge in [-0.2, -0.15) is 0 Å². The van der Waals surface area contributed by atoms with Crippen LogP contribution < -0.4 is 10.9 Å². The third kappa shape index (κ3) is 3.32. The molecule has 5 nitrogen and oxygen atoms in total. The lowest BCUT2D eigenvalue weighted by Crippen LogP contribution is -2.45. The van der Waals surface area contributed by atoms with Crippen molar-refractivity contribution >= 4 is 27.5 Å². The van der Waals surface area contributed by atoms with Gasteiger partial charge in [-0.3, -0.25) is 14.2 Å². The van der Waals surface area contributed by atoms with E-state index in [4.69, 9.17) is 0 Å². The number of aromatic nitrogens is 2. The molecule has 0 aromatic carbocycles. The first kappa shape index (κ1) is 16.2. The zero-order valence-corrected chi connectivity index (χ0v) is 14.7. The Balaban J connectivity index is 1.73. The number of aryl methyl sites for hydroxylation is 1. The fourth-order valence-electron chi connectivity index (χ4n) is 3.39. The molecule has 0 saturated heterocycles. The Morgan fingerprint density at radius 1 is 1.43 bits per heavy atom. The minimum absolute atomic E-state index is 0.0360. The molecule has 1 saturated carbocycles. The van der Waals surface area contributed by atoms with Crippen LogP contribution in [0.5, 0.6) is 0 Å². The molecule has 23 heavy (non-hydrogen) atoms. The zero-order chi connectivity index (χ0) is 16.6. The Morgan fingerprint density at radius 2 is 2.22 bits per heavy atom. The smallest absolute Gasteiger partial charge is 0.262 e. The summed E-state index contributed by atoms with van der Waals surface area (Å²) < 4.78 is 1.40. The molecule has 0 aliphatic heterocycles. The van der Waals surface area contributed by atoms with Crippen molar-refractivity contribution in [1.29, 1.82) is 0 Å². The monoisotopic (exact) mass is 333 g/mol. The van der Waals surface area contributed by atoms with E-state index in [9.17, 15) is 9.59 Å². The standard InChI is InChI=1S/C17H23N3O2S/c1-10-5-4-6-14(12(10)3)19-15(21)8-20-9-18-16-13(17(20)22)7-11(2)23-16/h7,9-10,12,14H,4-6,8H2,1-3H3,(H,19,21). The van der Waals surface area contributed by atoms with E-state index in [1.165, 1.54) is 28.7 Å². The molecule has 2 heterocycles. The van der Waals surface area contributed by atoms with Crippen LogP contribution in [0.25, 0.3) is 10.2 Å². The van der Waals surface area contributed by atoms with Crippen LogP contribution >= 0.6 is 11.3 Å². The SMILES string of the molecule is Cc1cc2c(=O)n(CC(=O)NC3CCCC(C)C3C)cnc2s1. The van der Waals surface area contributed by atoms with Gasteiger partial charge in [0.15, 0.2) is 0 Å². The molecule has 3 rings (SSSR count). The molecule has 1 aliphatic rings. The summed E-state index contributed by atoms with van der Waals surface area (Å²) in [7, 11) is 0. The number of rotatable bonds is 3. The van der Waals surface area contributed by atoms with Crippen LogP contribution in [0.1, 0.15) is 38.0 Å². The van der Waals surface area contributed by atoms with Crippen molar-refractivity contribution in [3.05, 3.63) is 27.6 Å². The third-order valence-corrected chi connectivity index (χ3v) is 5.97. The minimum Gasteiger partial charge on any atom is -0.352 e. The number of hydrogen-bond acceptors (Lipinski definition) is 4. The van der Waals surface area contributed by atoms with Crippen LogP contribution in [0.3, 0.4) is 0 Å². The summed E-state index contributed by atoms with van der Waals surface area (Å²) in [5, 5.41) is 3.70. The van der Waals surface area contributed by atoms with E-state index in [1.807, 2.05) is 13.0 Å². The Bertz CT molecular complexity index is 780. The van der Waals surface area contributed by atoms with Gasteiger partial charge in [-0.05, 0) is 31.2 Å². The lowest BCUT2D eigenvalue weighted by molar-refractivity contribution is -0.123. The maximum Gasteiger partial charge on any atom is 0.262 e. The number of carbonyl (C=O) groups excluding carboxylic acids is 1. The van der Waals surface area contributed by atoms with Gasteiger partial charge in [-0.1, -0.05) is 26.7 Å². The zero-order valence-electron chi connectivity index (χ0n) is 13.8. The lowest BCUT2D eigenvalue weighted by atomic mass is 9.78. The molecule has 0 spiro atoms. The predicted octanol–water partition coefficient (Wildman–Crippen LogP) is 2.71. The highest BCUT2D eigenvalue weighted by Gasteiger charge is 2.28. The fraction of sp³-hybridized carbons (Fsp3) is 0.588. The first-order valence-electron chi connectivity index (χ1n) is 8.20. The number of fused-ring (bicyclic) bond motifs is 1. The number of thiophene rings is 1. The van der Waals surface area contributed by atoms with Crippen molar-refractivity contribution in [1.82, 2.24) is 14.9 Å². The molecule has 2 aromatic rings. The quantitative estimate of drug-likeness (QED) is 0.939. The van der Waals surface area contributed by atoms with Crippen LogP contribution in [0.4, 0.5) is 0 Å². The molecular formula is C17H23N3O2S.